The summed E-state index contributed by atoms with van der Waals surface area (Å²) in [6.07, 6.45) is 4.87. The normalized spacial score (nSPS) is 11.6. The van der Waals surface area contributed by atoms with E-state index in [-0.39, 0.29) is 36.1 Å². The lowest BCUT2D eigenvalue weighted by Crippen LogP contribution is -2.24. The molecule has 0 saturated heterocycles. The van der Waals surface area contributed by atoms with E-state index in [1.54, 1.807) is 22.9 Å². The van der Waals surface area contributed by atoms with E-state index in [4.69, 9.17) is 0 Å². The Labute approximate surface area is 228 Å². The predicted octanol–water partition coefficient (Wildman–Crippen LogP) is 4.54. The molecule has 1 atom stereocenters. The van der Waals surface area contributed by atoms with Crippen LogP contribution in [0.25, 0.3) is 0 Å². The molecule has 0 fully saturated rings. The van der Waals surface area contributed by atoms with E-state index in [0.29, 0.717) is 30.9 Å². The van der Waals surface area contributed by atoms with Gasteiger partial charge in [0.25, 0.3) is 0 Å². The van der Waals surface area contributed by atoms with Crippen molar-refractivity contribution in [3.05, 3.63) is 118 Å². The van der Waals surface area contributed by atoms with Gasteiger partial charge in [-0.3, -0.25) is 14.2 Å². The summed E-state index contributed by atoms with van der Waals surface area (Å²) >= 11 is 0. The second kappa shape index (κ2) is 13.9. The van der Waals surface area contributed by atoms with E-state index in [2.05, 4.69) is 20.5 Å². The standard InChI is InChI=1S/C31H33N5O3/c1-23(25-12-6-3-7-13-25)20-28(37)22-27-17-19-36(31(39)32-27)18-9-8-14-26-15-16-29(35-34-26)33-30(38)21-24-10-4-2-5-11-24/h2-7,10-13,15-17,19,23H,8-9,14,18,20-22H2,1H3,(H,33,35,38)/t23-/m1/s1. The number of unbranched alkanes of at least 4 members (excludes halogenated alkanes) is 1. The second-order valence-corrected chi connectivity index (χ2v) is 9.70. The molecule has 8 nitrogen and oxygen atoms in total. The highest BCUT2D eigenvalue weighted by atomic mass is 16.2. The van der Waals surface area contributed by atoms with Crippen LogP contribution in [-0.4, -0.2) is 31.4 Å². The van der Waals surface area contributed by atoms with Crippen LogP contribution in [0.1, 0.15) is 54.6 Å². The first-order valence-corrected chi connectivity index (χ1v) is 13.3. The highest BCUT2D eigenvalue weighted by Crippen LogP contribution is 2.19. The van der Waals surface area contributed by atoms with Crippen molar-refractivity contribution in [3.63, 3.8) is 0 Å². The molecule has 0 spiro atoms. The Hall–Kier alpha value is -4.46. The number of rotatable bonds is 13. The van der Waals surface area contributed by atoms with Crippen molar-refractivity contribution in [2.75, 3.05) is 5.32 Å². The fourth-order valence-corrected chi connectivity index (χ4v) is 4.36. The lowest BCUT2D eigenvalue weighted by molar-refractivity contribution is -0.119. The summed E-state index contributed by atoms with van der Waals surface area (Å²) in [5.41, 5.74) is 3.05. The third-order valence-corrected chi connectivity index (χ3v) is 6.49. The molecule has 0 unspecified atom stereocenters. The molecule has 8 heteroatoms. The first-order chi connectivity index (χ1) is 19.0. The summed E-state index contributed by atoms with van der Waals surface area (Å²) in [5.74, 6) is 0.474. The number of ketones is 1. The maximum atomic E-state index is 12.5. The summed E-state index contributed by atoms with van der Waals surface area (Å²) in [7, 11) is 0. The number of nitrogens with zero attached hydrogens (tertiary/aromatic N) is 4. The van der Waals surface area contributed by atoms with E-state index < -0.39 is 0 Å². The van der Waals surface area contributed by atoms with Gasteiger partial charge < -0.3 is 5.32 Å². The van der Waals surface area contributed by atoms with Crippen LogP contribution in [0, 0.1) is 0 Å². The van der Waals surface area contributed by atoms with E-state index in [1.807, 2.05) is 73.7 Å². The Bertz CT molecular complexity index is 1420. The number of nitrogens with one attached hydrogen (secondary N) is 1. The molecule has 0 saturated carbocycles. The fourth-order valence-electron chi connectivity index (χ4n) is 4.36. The van der Waals surface area contributed by atoms with Gasteiger partial charge in [-0.25, -0.2) is 4.79 Å². The highest BCUT2D eigenvalue weighted by Gasteiger charge is 2.13. The molecule has 2 aromatic heterocycles. The average Bonchev–Trinajstić information content (AvgIpc) is 2.94. The van der Waals surface area contributed by atoms with Crippen LogP contribution in [0.3, 0.4) is 0 Å². The van der Waals surface area contributed by atoms with Crippen molar-refractivity contribution < 1.29 is 9.59 Å². The maximum Gasteiger partial charge on any atom is 0.347 e. The van der Waals surface area contributed by atoms with E-state index >= 15 is 0 Å². The third kappa shape index (κ3) is 8.81. The third-order valence-electron chi connectivity index (χ3n) is 6.49. The quantitative estimate of drug-likeness (QED) is 0.258. The van der Waals surface area contributed by atoms with Crippen molar-refractivity contribution in [3.8, 4) is 0 Å². The minimum absolute atomic E-state index is 0.0684. The molecule has 0 aliphatic heterocycles. The first kappa shape index (κ1) is 27.6. The molecule has 2 aromatic carbocycles. The molecule has 4 aromatic rings. The van der Waals surface area contributed by atoms with E-state index in [0.717, 1.165) is 29.7 Å². The summed E-state index contributed by atoms with van der Waals surface area (Å²) in [6.45, 7) is 2.57. The van der Waals surface area contributed by atoms with Crippen molar-refractivity contribution in [2.24, 2.45) is 0 Å². The first-order valence-electron chi connectivity index (χ1n) is 13.3. The summed E-state index contributed by atoms with van der Waals surface area (Å²) in [5, 5.41) is 11.1. The topological polar surface area (TPSA) is 107 Å². The van der Waals surface area contributed by atoms with E-state index in [9.17, 15) is 14.4 Å². The number of carbonyl (C=O) groups is 2. The van der Waals surface area contributed by atoms with Crippen molar-refractivity contribution in [1.82, 2.24) is 19.7 Å². The molecule has 200 valence electrons. The van der Waals surface area contributed by atoms with Gasteiger partial charge in [0.1, 0.15) is 5.78 Å². The number of benzene rings is 2. The number of hydrogen-bond donors (Lipinski definition) is 1. The lowest BCUT2D eigenvalue weighted by atomic mass is 9.94. The van der Waals surface area contributed by atoms with Gasteiger partial charge in [-0.05, 0) is 54.5 Å². The van der Waals surface area contributed by atoms with Gasteiger partial charge in [0.15, 0.2) is 5.82 Å². The Morgan fingerprint density at radius 3 is 2.28 bits per heavy atom. The molecular weight excluding hydrogens is 490 g/mol. The number of hydrogen-bond acceptors (Lipinski definition) is 6. The van der Waals surface area contributed by atoms with Gasteiger partial charge in [-0.15, -0.1) is 5.10 Å². The highest BCUT2D eigenvalue weighted by molar-refractivity contribution is 5.91. The number of anilines is 1. The molecule has 1 amide bonds. The molecule has 2 heterocycles. The molecule has 1 N–H and O–H groups in total. The molecule has 0 radical (unpaired) electrons. The van der Waals surface area contributed by atoms with Gasteiger partial charge in [-0.1, -0.05) is 67.6 Å². The van der Waals surface area contributed by atoms with Gasteiger partial charge in [0, 0.05) is 25.6 Å². The van der Waals surface area contributed by atoms with Gasteiger partial charge in [-0.2, -0.15) is 10.1 Å². The summed E-state index contributed by atoms with van der Waals surface area (Å²) in [4.78, 5) is 41.3. The average molecular weight is 524 g/mol. The molecule has 0 bridgehead atoms. The molecule has 0 aliphatic rings. The summed E-state index contributed by atoms with van der Waals surface area (Å²) < 4.78 is 1.57. The zero-order valence-corrected chi connectivity index (χ0v) is 22.1. The van der Waals surface area contributed by atoms with Gasteiger partial charge >= 0.3 is 5.69 Å². The van der Waals surface area contributed by atoms with Crippen LogP contribution in [0.2, 0.25) is 0 Å². The van der Waals surface area contributed by atoms with Crippen molar-refractivity contribution in [1.29, 1.82) is 0 Å². The molecule has 39 heavy (non-hydrogen) atoms. The predicted molar refractivity (Wildman–Crippen MR) is 150 cm³/mol. The minimum atomic E-state index is -0.341. The van der Waals surface area contributed by atoms with Gasteiger partial charge in [0.05, 0.1) is 17.8 Å². The van der Waals surface area contributed by atoms with Crippen LogP contribution in [-0.2, 0) is 35.4 Å². The maximum absolute atomic E-state index is 12.5. The van der Waals surface area contributed by atoms with Crippen LogP contribution in [0.5, 0.6) is 0 Å². The van der Waals surface area contributed by atoms with Crippen molar-refractivity contribution in [2.45, 2.75) is 57.9 Å². The molecule has 0 aliphatic carbocycles. The zero-order valence-electron chi connectivity index (χ0n) is 22.1. The number of amides is 1. The number of Topliss-reactive ketones (excluding diaryl/α,β-unsaturated/α-hetero) is 1. The fraction of sp³-hybridized carbons (Fsp3) is 0.290. The number of carbonyl (C=O) groups excluding carboxylic acids is 2. The monoisotopic (exact) mass is 523 g/mol. The van der Waals surface area contributed by atoms with Crippen LogP contribution in [0.4, 0.5) is 5.82 Å². The Balaban J connectivity index is 1.18. The Kier molecular flexibility index (Phi) is 9.83. The second-order valence-electron chi connectivity index (χ2n) is 9.70. The smallest absolute Gasteiger partial charge is 0.309 e. The summed E-state index contributed by atoms with van der Waals surface area (Å²) in [6, 6.07) is 24.8. The minimum Gasteiger partial charge on any atom is -0.309 e. The zero-order chi connectivity index (χ0) is 27.5. The van der Waals surface area contributed by atoms with E-state index in [1.165, 1.54) is 0 Å². The Morgan fingerprint density at radius 2 is 1.59 bits per heavy atom. The molecular formula is C31H33N5O3. The SMILES string of the molecule is C[C@H](CC(=O)Cc1ccn(CCCCc2ccc(NC(=O)Cc3ccccc3)nn2)c(=O)n1)c1ccccc1. The van der Waals surface area contributed by atoms with Crippen molar-refractivity contribution >= 4 is 17.5 Å². The van der Waals surface area contributed by atoms with Crippen LogP contribution < -0.4 is 11.0 Å². The Morgan fingerprint density at radius 1 is 0.846 bits per heavy atom. The lowest BCUT2D eigenvalue weighted by Gasteiger charge is -2.11. The number of aryl methyl sites for hydroxylation is 2. The number of aromatic nitrogens is 4. The molecule has 4 rings (SSSR count). The van der Waals surface area contributed by atoms with Crippen LogP contribution >= 0.6 is 0 Å². The van der Waals surface area contributed by atoms with Gasteiger partial charge in [0.2, 0.25) is 5.91 Å². The van der Waals surface area contributed by atoms with Crippen LogP contribution in [0.15, 0.2) is 89.9 Å². The largest absolute Gasteiger partial charge is 0.347 e.